The van der Waals surface area contributed by atoms with Crippen molar-refractivity contribution in [2.24, 2.45) is 7.05 Å². The highest BCUT2D eigenvalue weighted by Crippen LogP contribution is 2.28. The first-order valence-corrected chi connectivity index (χ1v) is 9.48. The van der Waals surface area contributed by atoms with Crippen LogP contribution in [0.15, 0.2) is 18.2 Å². The molecular formula is C20H25N5O3. The molecule has 0 saturated carbocycles. The van der Waals surface area contributed by atoms with Crippen molar-refractivity contribution in [3.05, 3.63) is 41.1 Å². The standard InChI is InChI=1S/C20H25N5O3/c1-12-19(15-10-14(26)5-6-16(15)24(12)2)20(27)21-13-4-7-17-22-23-18(11-28-3)25(17)9-8-13/h5-6,10,13,26H,4,7-9,11H2,1-3H3,(H,21,27). The molecule has 0 radical (unpaired) electrons. The minimum Gasteiger partial charge on any atom is -0.508 e. The van der Waals surface area contributed by atoms with E-state index in [2.05, 4.69) is 20.1 Å². The quantitative estimate of drug-likeness (QED) is 0.719. The van der Waals surface area contributed by atoms with Crippen LogP contribution in [0.4, 0.5) is 0 Å². The van der Waals surface area contributed by atoms with Gasteiger partial charge in [-0.1, -0.05) is 0 Å². The number of nitrogens with zero attached hydrogens (tertiary/aromatic N) is 4. The maximum absolute atomic E-state index is 13.1. The van der Waals surface area contributed by atoms with E-state index in [-0.39, 0.29) is 17.7 Å². The summed E-state index contributed by atoms with van der Waals surface area (Å²) in [6.07, 6.45) is 2.38. The second-order valence-corrected chi connectivity index (χ2v) is 7.34. The molecule has 1 aromatic carbocycles. The van der Waals surface area contributed by atoms with Gasteiger partial charge in [0.15, 0.2) is 5.82 Å². The Kier molecular flexibility index (Phi) is 4.80. The molecular weight excluding hydrogens is 358 g/mol. The van der Waals surface area contributed by atoms with Crippen LogP contribution in [-0.4, -0.2) is 43.5 Å². The van der Waals surface area contributed by atoms with E-state index < -0.39 is 0 Å². The summed E-state index contributed by atoms with van der Waals surface area (Å²) in [6.45, 7) is 3.11. The summed E-state index contributed by atoms with van der Waals surface area (Å²) in [5.74, 6) is 1.82. The van der Waals surface area contributed by atoms with Gasteiger partial charge in [-0.15, -0.1) is 10.2 Å². The normalized spacial score (nSPS) is 16.8. The predicted octanol–water partition coefficient (Wildman–Crippen LogP) is 2.07. The Morgan fingerprint density at radius 2 is 2.18 bits per heavy atom. The van der Waals surface area contributed by atoms with Gasteiger partial charge in [-0.3, -0.25) is 4.79 Å². The van der Waals surface area contributed by atoms with Crippen molar-refractivity contribution in [3.8, 4) is 5.75 Å². The lowest BCUT2D eigenvalue weighted by Crippen LogP contribution is -2.35. The van der Waals surface area contributed by atoms with Crippen LogP contribution in [0.3, 0.4) is 0 Å². The molecule has 1 atom stereocenters. The summed E-state index contributed by atoms with van der Waals surface area (Å²) in [5.41, 5.74) is 2.43. The van der Waals surface area contributed by atoms with Gasteiger partial charge in [0.05, 0.1) is 5.56 Å². The van der Waals surface area contributed by atoms with E-state index in [4.69, 9.17) is 4.74 Å². The number of aromatic hydroxyl groups is 1. The van der Waals surface area contributed by atoms with Gasteiger partial charge in [-0.25, -0.2) is 0 Å². The third kappa shape index (κ3) is 3.13. The van der Waals surface area contributed by atoms with Crippen molar-refractivity contribution in [1.82, 2.24) is 24.6 Å². The summed E-state index contributed by atoms with van der Waals surface area (Å²) in [6, 6.07) is 5.19. The minimum absolute atomic E-state index is 0.0524. The Balaban J connectivity index is 1.54. The number of fused-ring (bicyclic) bond motifs is 2. The number of aromatic nitrogens is 4. The van der Waals surface area contributed by atoms with Crippen molar-refractivity contribution in [2.45, 2.75) is 45.4 Å². The van der Waals surface area contributed by atoms with E-state index in [0.29, 0.717) is 12.2 Å². The molecule has 0 saturated heterocycles. The number of nitrogens with one attached hydrogen (secondary N) is 1. The van der Waals surface area contributed by atoms with Gasteiger partial charge < -0.3 is 24.3 Å². The first kappa shape index (κ1) is 18.5. The highest BCUT2D eigenvalue weighted by Gasteiger charge is 2.24. The third-order valence-electron chi connectivity index (χ3n) is 5.63. The van der Waals surface area contributed by atoms with Gasteiger partial charge in [0.2, 0.25) is 0 Å². The van der Waals surface area contributed by atoms with Gasteiger partial charge in [0, 0.05) is 49.8 Å². The molecule has 1 unspecified atom stereocenters. The number of carbonyl (C=O) groups is 1. The second kappa shape index (κ2) is 7.27. The summed E-state index contributed by atoms with van der Waals surface area (Å²) in [7, 11) is 3.58. The molecule has 8 heteroatoms. The van der Waals surface area contributed by atoms with E-state index in [1.54, 1.807) is 19.2 Å². The predicted molar refractivity (Wildman–Crippen MR) is 104 cm³/mol. The maximum Gasteiger partial charge on any atom is 0.253 e. The van der Waals surface area contributed by atoms with Crippen molar-refractivity contribution >= 4 is 16.8 Å². The molecule has 1 aliphatic heterocycles. The van der Waals surface area contributed by atoms with Gasteiger partial charge in [-0.05, 0) is 38.0 Å². The van der Waals surface area contributed by atoms with Crippen LogP contribution < -0.4 is 5.32 Å². The smallest absolute Gasteiger partial charge is 0.253 e. The fraction of sp³-hybridized carbons (Fsp3) is 0.450. The number of hydrogen-bond acceptors (Lipinski definition) is 5. The van der Waals surface area contributed by atoms with Crippen LogP contribution >= 0.6 is 0 Å². The van der Waals surface area contributed by atoms with E-state index in [0.717, 1.165) is 54.1 Å². The first-order valence-electron chi connectivity index (χ1n) is 9.48. The molecule has 28 heavy (non-hydrogen) atoms. The number of hydrogen-bond donors (Lipinski definition) is 2. The molecule has 4 rings (SSSR count). The highest BCUT2D eigenvalue weighted by atomic mass is 16.5. The number of rotatable bonds is 4. The molecule has 3 heterocycles. The molecule has 3 aromatic rings. The lowest BCUT2D eigenvalue weighted by atomic mass is 10.1. The van der Waals surface area contributed by atoms with Crippen LogP contribution in [0, 0.1) is 6.92 Å². The highest BCUT2D eigenvalue weighted by molar-refractivity contribution is 6.08. The zero-order valence-corrected chi connectivity index (χ0v) is 16.4. The fourth-order valence-corrected chi connectivity index (χ4v) is 4.03. The molecule has 2 N–H and O–H groups in total. The number of phenolic OH excluding ortho intramolecular Hbond substituents is 1. The Morgan fingerprint density at radius 3 is 2.96 bits per heavy atom. The summed E-state index contributed by atoms with van der Waals surface area (Å²) in [4.78, 5) is 13.1. The topological polar surface area (TPSA) is 94.2 Å². The molecule has 0 bridgehead atoms. The monoisotopic (exact) mass is 383 g/mol. The molecule has 0 spiro atoms. The Hall–Kier alpha value is -2.87. The SMILES string of the molecule is COCc1nnc2n1CCC(NC(=O)c1c(C)n(C)c3ccc(O)cc13)CC2. The molecule has 0 fully saturated rings. The summed E-state index contributed by atoms with van der Waals surface area (Å²) in [5, 5.41) is 22.3. The second-order valence-electron chi connectivity index (χ2n) is 7.34. The first-order chi connectivity index (χ1) is 13.5. The van der Waals surface area contributed by atoms with E-state index >= 15 is 0 Å². The van der Waals surface area contributed by atoms with Crippen LogP contribution in [0.1, 0.15) is 40.5 Å². The molecule has 1 amide bonds. The lowest BCUT2D eigenvalue weighted by Gasteiger charge is -2.16. The average Bonchev–Trinajstić information content (AvgIpc) is 3.07. The molecule has 8 nitrogen and oxygen atoms in total. The zero-order chi connectivity index (χ0) is 19.8. The van der Waals surface area contributed by atoms with Gasteiger partial charge in [0.25, 0.3) is 5.91 Å². The largest absolute Gasteiger partial charge is 0.508 e. The number of benzene rings is 1. The zero-order valence-electron chi connectivity index (χ0n) is 16.4. The number of ether oxygens (including phenoxy) is 1. The van der Waals surface area contributed by atoms with Crippen LogP contribution in [0.2, 0.25) is 0 Å². The summed E-state index contributed by atoms with van der Waals surface area (Å²) >= 11 is 0. The summed E-state index contributed by atoms with van der Waals surface area (Å²) < 4.78 is 9.27. The van der Waals surface area contributed by atoms with Gasteiger partial charge in [0.1, 0.15) is 18.2 Å². The van der Waals surface area contributed by atoms with Crippen molar-refractivity contribution in [3.63, 3.8) is 0 Å². The third-order valence-corrected chi connectivity index (χ3v) is 5.63. The molecule has 0 aliphatic carbocycles. The molecule has 148 valence electrons. The Morgan fingerprint density at radius 1 is 1.36 bits per heavy atom. The number of phenols is 1. The molecule has 1 aliphatic rings. The van der Waals surface area contributed by atoms with Gasteiger partial charge >= 0.3 is 0 Å². The average molecular weight is 383 g/mol. The van der Waals surface area contributed by atoms with Crippen LogP contribution in [-0.2, 0) is 31.4 Å². The number of methoxy groups -OCH3 is 1. The Labute approximate surface area is 163 Å². The number of amides is 1. The van der Waals surface area contributed by atoms with Crippen molar-refractivity contribution in [2.75, 3.05) is 7.11 Å². The Bertz CT molecular complexity index is 1040. The minimum atomic E-state index is -0.103. The molecule has 2 aromatic heterocycles. The number of carbonyl (C=O) groups excluding carboxylic acids is 1. The van der Waals surface area contributed by atoms with Crippen molar-refractivity contribution in [1.29, 1.82) is 0 Å². The van der Waals surface area contributed by atoms with Crippen LogP contribution in [0.5, 0.6) is 5.75 Å². The lowest BCUT2D eigenvalue weighted by molar-refractivity contribution is 0.0933. The van der Waals surface area contributed by atoms with E-state index in [1.807, 2.05) is 24.6 Å². The van der Waals surface area contributed by atoms with E-state index in [1.165, 1.54) is 0 Å². The van der Waals surface area contributed by atoms with Crippen molar-refractivity contribution < 1.29 is 14.6 Å². The van der Waals surface area contributed by atoms with Gasteiger partial charge in [-0.2, -0.15) is 0 Å². The maximum atomic E-state index is 13.1. The number of aryl methyl sites for hydroxylation is 2. The fourth-order valence-electron chi connectivity index (χ4n) is 4.03. The van der Waals surface area contributed by atoms with E-state index in [9.17, 15) is 9.90 Å². The van der Waals surface area contributed by atoms with Crippen LogP contribution in [0.25, 0.3) is 10.9 Å².